The molecule has 5 aromatic rings. The standard InChI is InChI=1S/C32H27ClF4N8O2S/c1-44-9-3-4-14(44)13-47-32-42-24-21-26(46-11-10-45(31(21)43-32)25(28(36)37)16-5-2-8-41-29(16)39)22(33)20(23(24)35)15-6-7-18(34)27-19(15)17(12-38)30(40)48-27/h2,5-8,14,25,28H,3-4,9-11,13,40H2,1H3,(H2,39,41)/t14-,25-/m0/s1. The Morgan fingerprint density at radius 3 is 2.71 bits per heavy atom. The van der Waals surface area contributed by atoms with Crippen molar-refractivity contribution in [2.45, 2.75) is 31.4 Å². The molecule has 1 fully saturated rings. The number of ether oxygens (including phenoxy) is 2. The number of anilines is 3. The number of hydrogen-bond acceptors (Lipinski definition) is 11. The molecule has 2 atom stereocenters. The van der Waals surface area contributed by atoms with Crippen LogP contribution in [0.5, 0.6) is 11.8 Å². The van der Waals surface area contributed by atoms with Crippen LogP contribution in [0.1, 0.15) is 30.0 Å². The predicted molar refractivity (Wildman–Crippen MR) is 176 cm³/mol. The summed E-state index contributed by atoms with van der Waals surface area (Å²) >= 11 is 7.77. The highest BCUT2D eigenvalue weighted by atomic mass is 35.5. The van der Waals surface area contributed by atoms with Gasteiger partial charge in [0, 0.05) is 28.8 Å². The molecule has 2 aliphatic heterocycles. The minimum atomic E-state index is -2.99. The number of nitrogen functional groups attached to an aromatic ring is 2. The van der Waals surface area contributed by atoms with Gasteiger partial charge in [0.25, 0.3) is 6.43 Å². The number of alkyl halides is 2. The number of hydrogen-bond donors (Lipinski definition) is 2. The van der Waals surface area contributed by atoms with Crippen molar-refractivity contribution in [2.75, 3.05) is 49.7 Å². The zero-order chi connectivity index (χ0) is 33.9. The van der Waals surface area contributed by atoms with Crippen LogP contribution in [0.25, 0.3) is 32.1 Å². The highest BCUT2D eigenvalue weighted by molar-refractivity contribution is 7.23. The van der Waals surface area contributed by atoms with Gasteiger partial charge in [0.2, 0.25) is 0 Å². The number of likely N-dealkylation sites (tertiary alicyclic amines) is 1. The first-order valence-corrected chi connectivity index (χ1v) is 16.1. The largest absolute Gasteiger partial charge is 0.489 e. The number of nitriles is 1. The summed E-state index contributed by atoms with van der Waals surface area (Å²) in [5, 5.41) is 9.69. The van der Waals surface area contributed by atoms with E-state index in [1.165, 1.54) is 29.3 Å². The zero-order valence-electron chi connectivity index (χ0n) is 25.3. The van der Waals surface area contributed by atoms with Crippen molar-refractivity contribution in [3.05, 3.63) is 58.2 Å². The first kappa shape index (κ1) is 31.9. The lowest BCUT2D eigenvalue weighted by Crippen LogP contribution is -2.37. The van der Waals surface area contributed by atoms with Crippen LogP contribution in [0.15, 0.2) is 30.5 Å². The molecule has 10 nitrogen and oxygen atoms in total. The van der Waals surface area contributed by atoms with E-state index in [2.05, 4.69) is 19.9 Å². The first-order chi connectivity index (χ1) is 23.1. The van der Waals surface area contributed by atoms with Gasteiger partial charge in [0.1, 0.15) is 53.3 Å². The maximum Gasteiger partial charge on any atom is 0.319 e. The highest BCUT2D eigenvalue weighted by Crippen LogP contribution is 2.51. The summed E-state index contributed by atoms with van der Waals surface area (Å²) in [6.07, 6.45) is 0.222. The van der Waals surface area contributed by atoms with Crippen LogP contribution >= 0.6 is 22.9 Å². The fourth-order valence-electron chi connectivity index (χ4n) is 6.49. The van der Waals surface area contributed by atoms with Crippen molar-refractivity contribution in [3.63, 3.8) is 0 Å². The summed E-state index contributed by atoms with van der Waals surface area (Å²) in [5.74, 6) is -1.92. The second kappa shape index (κ2) is 12.4. The molecule has 2 aliphatic rings. The Bertz CT molecular complexity index is 2130. The second-order valence-electron chi connectivity index (χ2n) is 11.5. The number of benzene rings is 2. The van der Waals surface area contributed by atoms with Crippen molar-refractivity contribution in [2.24, 2.45) is 0 Å². The molecule has 0 amide bonds. The lowest BCUT2D eigenvalue weighted by atomic mass is 9.96. The van der Waals surface area contributed by atoms with Crippen LogP contribution in [0, 0.1) is 23.0 Å². The van der Waals surface area contributed by atoms with E-state index >= 15 is 13.2 Å². The molecule has 1 saturated heterocycles. The molecule has 4 N–H and O–H groups in total. The molecule has 0 aliphatic carbocycles. The molecule has 3 aromatic heterocycles. The number of nitrogens with two attached hydrogens (primary N) is 2. The van der Waals surface area contributed by atoms with E-state index in [4.69, 9.17) is 32.5 Å². The third-order valence-electron chi connectivity index (χ3n) is 8.83. The molecular weight excluding hydrogens is 672 g/mol. The Morgan fingerprint density at radius 1 is 1.19 bits per heavy atom. The quantitative estimate of drug-likeness (QED) is 0.180. The van der Waals surface area contributed by atoms with Crippen molar-refractivity contribution >= 4 is 60.6 Å². The van der Waals surface area contributed by atoms with Crippen LogP contribution in [0.2, 0.25) is 5.02 Å². The Kier molecular flexibility index (Phi) is 8.26. The summed E-state index contributed by atoms with van der Waals surface area (Å²) in [4.78, 5) is 16.4. The number of likely N-dealkylation sites (N-methyl/N-ethyl adjacent to an activating group) is 1. The molecule has 0 unspecified atom stereocenters. The van der Waals surface area contributed by atoms with Gasteiger partial charge in [0.05, 0.1) is 27.2 Å². The smallest absolute Gasteiger partial charge is 0.319 e. The first-order valence-electron chi connectivity index (χ1n) is 14.9. The lowest BCUT2D eigenvalue weighted by molar-refractivity contribution is 0.110. The summed E-state index contributed by atoms with van der Waals surface area (Å²) in [5.41, 5.74) is 11.6. The van der Waals surface area contributed by atoms with Crippen molar-refractivity contribution in [1.82, 2.24) is 19.9 Å². The Hall–Kier alpha value is -4.65. The average molecular weight is 699 g/mol. The van der Waals surface area contributed by atoms with Crippen LogP contribution in [0.4, 0.5) is 34.2 Å². The van der Waals surface area contributed by atoms with Crippen LogP contribution in [-0.4, -0.2) is 65.7 Å². The molecule has 0 bridgehead atoms. The zero-order valence-corrected chi connectivity index (χ0v) is 26.9. The van der Waals surface area contributed by atoms with E-state index in [0.29, 0.717) is 0 Å². The molecular formula is C32H27ClF4N8O2S. The second-order valence-corrected chi connectivity index (χ2v) is 13.0. The number of nitrogens with zero attached hydrogens (tertiary/aromatic N) is 6. The molecule has 5 heterocycles. The van der Waals surface area contributed by atoms with Crippen molar-refractivity contribution < 1.29 is 27.0 Å². The summed E-state index contributed by atoms with van der Waals surface area (Å²) in [6, 6.07) is 5.44. The minimum Gasteiger partial charge on any atom is -0.489 e. The topological polar surface area (TPSA) is 139 Å². The SMILES string of the molecule is CN1CCC[C@H]1COc1nc2c3c(c(Cl)c(-c4ccc(F)c5sc(N)c(C#N)c45)c(F)c3n1)OCCN2[C@@H](c1cccnc1N)C(F)F. The van der Waals surface area contributed by atoms with Gasteiger partial charge in [0.15, 0.2) is 11.6 Å². The average Bonchev–Trinajstić information content (AvgIpc) is 3.57. The third kappa shape index (κ3) is 5.15. The molecule has 16 heteroatoms. The van der Waals surface area contributed by atoms with E-state index in [1.54, 1.807) is 0 Å². The van der Waals surface area contributed by atoms with Gasteiger partial charge in [-0.15, -0.1) is 11.3 Å². The van der Waals surface area contributed by atoms with E-state index < -0.39 is 24.1 Å². The van der Waals surface area contributed by atoms with Crippen LogP contribution < -0.4 is 25.8 Å². The number of rotatable bonds is 7. The van der Waals surface area contributed by atoms with Gasteiger partial charge in [-0.05, 0) is 44.1 Å². The van der Waals surface area contributed by atoms with Gasteiger partial charge < -0.3 is 30.7 Å². The Morgan fingerprint density at radius 2 is 2.00 bits per heavy atom. The monoisotopic (exact) mass is 698 g/mol. The molecule has 0 saturated carbocycles. The van der Waals surface area contributed by atoms with E-state index in [0.717, 1.165) is 36.8 Å². The molecule has 0 radical (unpaired) electrons. The number of aromatic nitrogens is 3. The fourth-order valence-corrected chi connectivity index (χ4v) is 7.77. The van der Waals surface area contributed by atoms with Crippen LogP contribution in [0.3, 0.4) is 0 Å². The molecule has 0 spiro atoms. The van der Waals surface area contributed by atoms with E-state index in [-0.39, 0.29) is 102 Å². The molecule has 7 rings (SSSR count). The van der Waals surface area contributed by atoms with Gasteiger partial charge in [-0.3, -0.25) is 0 Å². The van der Waals surface area contributed by atoms with Gasteiger partial charge in [-0.2, -0.15) is 15.2 Å². The van der Waals surface area contributed by atoms with Gasteiger partial charge in [-0.1, -0.05) is 23.7 Å². The van der Waals surface area contributed by atoms with Crippen molar-refractivity contribution in [1.29, 1.82) is 5.26 Å². The van der Waals surface area contributed by atoms with Gasteiger partial charge in [-0.25, -0.2) is 22.5 Å². The maximum atomic E-state index is 17.1. The summed E-state index contributed by atoms with van der Waals surface area (Å²) < 4.78 is 74.2. The number of fused-ring (bicyclic) bond motifs is 1. The minimum absolute atomic E-state index is 0.0359. The third-order valence-corrected chi connectivity index (χ3v) is 10.2. The molecule has 48 heavy (non-hydrogen) atoms. The Labute approximate surface area is 280 Å². The Balaban J connectivity index is 1.50. The maximum absolute atomic E-state index is 17.1. The summed E-state index contributed by atoms with van der Waals surface area (Å²) in [7, 11) is 1.96. The number of pyridine rings is 1. The van der Waals surface area contributed by atoms with E-state index in [1.807, 2.05) is 13.1 Å². The van der Waals surface area contributed by atoms with Crippen molar-refractivity contribution in [3.8, 4) is 29.0 Å². The fraction of sp³-hybridized carbons (Fsp3) is 0.312. The summed E-state index contributed by atoms with van der Waals surface area (Å²) in [6.45, 7) is 0.730. The normalized spacial score (nSPS) is 17.1. The van der Waals surface area contributed by atoms with Gasteiger partial charge >= 0.3 is 6.01 Å². The van der Waals surface area contributed by atoms with Crippen LogP contribution in [-0.2, 0) is 0 Å². The number of halogens is 5. The number of thiophene rings is 1. The highest BCUT2D eigenvalue weighted by Gasteiger charge is 2.38. The molecule has 248 valence electrons. The lowest BCUT2D eigenvalue weighted by Gasteiger charge is -2.32. The van der Waals surface area contributed by atoms with E-state index in [9.17, 15) is 9.65 Å². The predicted octanol–water partition coefficient (Wildman–Crippen LogP) is 6.55. The molecule has 2 aromatic carbocycles.